The lowest BCUT2D eigenvalue weighted by Gasteiger charge is -2.40. The van der Waals surface area contributed by atoms with E-state index in [0.29, 0.717) is 54.2 Å². The molecule has 0 aliphatic carbocycles. The van der Waals surface area contributed by atoms with Crippen LogP contribution in [0.4, 0.5) is 10.1 Å². The second-order valence-corrected chi connectivity index (χ2v) is 9.14. The van der Waals surface area contributed by atoms with E-state index in [9.17, 15) is 9.50 Å². The van der Waals surface area contributed by atoms with Crippen molar-refractivity contribution in [3.63, 3.8) is 0 Å². The number of thiazole rings is 1. The summed E-state index contributed by atoms with van der Waals surface area (Å²) in [6.07, 6.45) is 0. The number of benzene rings is 2. The molecular weight excluding hydrogens is 457 g/mol. The smallest absolute Gasteiger partial charge is 0.230 e. The molecule has 0 saturated carbocycles. The van der Waals surface area contributed by atoms with E-state index in [1.54, 1.807) is 27.2 Å². The number of aromatic nitrogens is 3. The topological polar surface area (TPSA) is 75.4 Å². The zero-order valence-corrected chi connectivity index (χ0v) is 20.0. The largest absolute Gasteiger partial charge is 0.493 e. The summed E-state index contributed by atoms with van der Waals surface area (Å²) in [5.41, 5.74) is 1.57. The van der Waals surface area contributed by atoms with Crippen LogP contribution in [0.15, 0.2) is 42.5 Å². The van der Waals surface area contributed by atoms with E-state index in [4.69, 9.17) is 9.47 Å². The maximum absolute atomic E-state index is 14.4. The van der Waals surface area contributed by atoms with Crippen LogP contribution in [0.1, 0.15) is 22.3 Å². The van der Waals surface area contributed by atoms with E-state index < -0.39 is 0 Å². The first-order valence-electron chi connectivity index (χ1n) is 11.0. The number of nitrogens with zero attached hydrogens (tertiary/aromatic N) is 5. The van der Waals surface area contributed by atoms with E-state index in [1.807, 2.05) is 30.3 Å². The number of hydrogen-bond acceptors (Lipinski definition) is 8. The maximum Gasteiger partial charge on any atom is 0.230 e. The van der Waals surface area contributed by atoms with E-state index in [-0.39, 0.29) is 17.7 Å². The van der Waals surface area contributed by atoms with Gasteiger partial charge in [-0.2, -0.15) is 4.52 Å². The number of rotatable bonds is 6. The number of para-hydroxylation sites is 1. The highest BCUT2D eigenvalue weighted by molar-refractivity contribution is 7.17. The number of ether oxygens (including phenoxy) is 2. The van der Waals surface area contributed by atoms with Gasteiger partial charge < -0.3 is 19.5 Å². The van der Waals surface area contributed by atoms with Crippen LogP contribution in [0.5, 0.6) is 17.4 Å². The number of aryl methyl sites for hydroxylation is 1. The predicted octanol–water partition coefficient (Wildman–Crippen LogP) is 3.87. The minimum atomic E-state index is -0.253. The normalized spacial score (nSPS) is 15.6. The molecule has 2 aromatic carbocycles. The average molecular weight is 484 g/mol. The summed E-state index contributed by atoms with van der Waals surface area (Å²) in [6, 6.07) is 12.4. The molecule has 0 spiro atoms. The van der Waals surface area contributed by atoms with Gasteiger partial charge in [-0.25, -0.2) is 9.37 Å². The molecular formula is C24H26FN5O3S. The predicted molar refractivity (Wildman–Crippen MR) is 129 cm³/mol. The number of hydrogen-bond donors (Lipinski definition) is 1. The third-order valence-electron chi connectivity index (χ3n) is 6.15. The van der Waals surface area contributed by atoms with Gasteiger partial charge >= 0.3 is 0 Å². The van der Waals surface area contributed by atoms with Crippen LogP contribution in [-0.2, 0) is 0 Å². The number of anilines is 1. The molecule has 178 valence electrons. The number of fused-ring (bicyclic) bond motifs is 1. The van der Waals surface area contributed by atoms with Crippen LogP contribution in [0.25, 0.3) is 4.96 Å². The molecule has 10 heteroatoms. The Morgan fingerprint density at radius 2 is 1.76 bits per heavy atom. The van der Waals surface area contributed by atoms with Crippen molar-refractivity contribution in [2.45, 2.75) is 13.0 Å². The Kier molecular flexibility index (Phi) is 6.01. The van der Waals surface area contributed by atoms with Crippen molar-refractivity contribution in [2.75, 3.05) is 45.3 Å². The molecule has 3 heterocycles. The van der Waals surface area contributed by atoms with Gasteiger partial charge in [0.2, 0.25) is 10.8 Å². The highest BCUT2D eigenvalue weighted by Crippen LogP contribution is 2.42. The summed E-state index contributed by atoms with van der Waals surface area (Å²) in [7, 11) is 3.21. The van der Waals surface area contributed by atoms with Gasteiger partial charge in [0, 0.05) is 26.2 Å². The molecule has 1 aliphatic heterocycles. The van der Waals surface area contributed by atoms with Gasteiger partial charge in [-0.05, 0) is 36.8 Å². The fourth-order valence-electron chi connectivity index (χ4n) is 4.51. The quantitative estimate of drug-likeness (QED) is 0.446. The van der Waals surface area contributed by atoms with Crippen molar-refractivity contribution in [3.8, 4) is 17.4 Å². The molecule has 4 aromatic rings. The van der Waals surface area contributed by atoms with Crippen molar-refractivity contribution in [1.82, 2.24) is 19.5 Å². The zero-order valence-electron chi connectivity index (χ0n) is 19.2. The minimum Gasteiger partial charge on any atom is -0.493 e. The third kappa shape index (κ3) is 3.92. The van der Waals surface area contributed by atoms with Crippen LogP contribution < -0.4 is 14.4 Å². The van der Waals surface area contributed by atoms with Gasteiger partial charge in [0.25, 0.3) is 0 Å². The molecule has 5 rings (SSSR count). The first kappa shape index (κ1) is 22.4. The van der Waals surface area contributed by atoms with Crippen molar-refractivity contribution in [2.24, 2.45) is 0 Å². The zero-order chi connectivity index (χ0) is 23.8. The molecule has 1 saturated heterocycles. The van der Waals surface area contributed by atoms with E-state index in [1.165, 1.54) is 21.9 Å². The lowest BCUT2D eigenvalue weighted by atomic mass is 10.0. The Hall–Kier alpha value is -3.37. The number of methoxy groups -OCH3 is 2. The second-order valence-electron chi connectivity index (χ2n) is 8.13. The molecule has 0 unspecified atom stereocenters. The van der Waals surface area contributed by atoms with Gasteiger partial charge in [-0.1, -0.05) is 29.5 Å². The van der Waals surface area contributed by atoms with Crippen molar-refractivity contribution >= 4 is 22.0 Å². The van der Waals surface area contributed by atoms with E-state index >= 15 is 0 Å². The SMILES string of the molecule is COc1ccc([C@H](c2sc3nc(C)nn3c2O)N2CCN(c3ccccc3F)CC2)cc1OC. The standard InChI is InChI=1S/C24H26FN5O3S/c1-15-26-24-30(27-15)23(31)22(34-24)21(16-8-9-19(32-2)20(14-16)33-3)29-12-10-28(11-13-29)18-7-5-4-6-17(18)25/h4-9,14,21,31H,10-13H2,1-3H3/t21-/m1/s1. The summed E-state index contributed by atoms with van der Waals surface area (Å²) in [5.74, 6) is 1.72. The van der Waals surface area contributed by atoms with Crippen LogP contribution >= 0.6 is 11.3 Å². The molecule has 2 aromatic heterocycles. The van der Waals surface area contributed by atoms with Crippen LogP contribution in [0, 0.1) is 12.7 Å². The molecule has 34 heavy (non-hydrogen) atoms. The molecule has 1 atom stereocenters. The highest BCUT2D eigenvalue weighted by atomic mass is 32.1. The van der Waals surface area contributed by atoms with Gasteiger partial charge in [0.15, 0.2) is 11.5 Å². The lowest BCUT2D eigenvalue weighted by Crippen LogP contribution is -2.48. The summed E-state index contributed by atoms with van der Waals surface area (Å²) < 4.78 is 26.8. The van der Waals surface area contributed by atoms with Crippen molar-refractivity contribution < 1.29 is 19.0 Å². The summed E-state index contributed by atoms with van der Waals surface area (Å²) in [6.45, 7) is 4.47. The summed E-state index contributed by atoms with van der Waals surface area (Å²) in [5, 5.41) is 15.4. The fourth-order valence-corrected chi connectivity index (χ4v) is 5.67. The third-order valence-corrected chi connectivity index (χ3v) is 7.22. The van der Waals surface area contributed by atoms with Crippen LogP contribution in [0.3, 0.4) is 0 Å². The molecule has 1 fully saturated rings. The number of piperazine rings is 1. The maximum atomic E-state index is 14.4. The molecule has 1 N–H and O–H groups in total. The second kappa shape index (κ2) is 9.11. The van der Waals surface area contributed by atoms with Crippen molar-refractivity contribution in [3.05, 3.63) is 64.5 Å². The number of aromatic hydroxyl groups is 1. The Morgan fingerprint density at radius 1 is 1.03 bits per heavy atom. The van der Waals surface area contributed by atoms with Gasteiger partial charge in [0.05, 0.1) is 30.8 Å². The van der Waals surface area contributed by atoms with Crippen LogP contribution in [-0.4, -0.2) is 65.0 Å². The Balaban J connectivity index is 1.52. The molecule has 8 nitrogen and oxygen atoms in total. The first-order chi connectivity index (χ1) is 16.5. The summed E-state index contributed by atoms with van der Waals surface area (Å²) >= 11 is 1.42. The van der Waals surface area contributed by atoms with Crippen molar-refractivity contribution in [1.29, 1.82) is 0 Å². The van der Waals surface area contributed by atoms with E-state index in [2.05, 4.69) is 19.9 Å². The molecule has 0 radical (unpaired) electrons. The number of halogens is 1. The molecule has 0 amide bonds. The highest BCUT2D eigenvalue weighted by Gasteiger charge is 2.32. The van der Waals surface area contributed by atoms with E-state index in [0.717, 1.165) is 10.4 Å². The van der Waals surface area contributed by atoms with Gasteiger partial charge in [-0.15, -0.1) is 5.10 Å². The molecule has 1 aliphatic rings. The van der Waals surface area contributed by atoms with Gasteiger partial charge in [-0.3, -0.25) is 4.90 Å². The summed E-state index contributed by atoms with van der Waals surface area (Å²) in [4.78, 5) is 10.2. The fraction of sp³-hybridized carbons (Fsp3) is 0.333. The lowest BCUT2D eigenvalue weighted by molar-refractivity contribution is 0.210. The van der Waals surface area contributed by atoms with Gasteiger partial charge in [0.1, 0.15) is 11.6 Å². The monoisotopic (exact) mass is 483 g/mol. The average Bonchev–Trinajstić information content (AvgIpc) is 3.36. The minimum absolute atomic E-state index is 0.0805. The Labute approximate surface area is 200 Å². The van der Waals surface area contributed by atoms with Crippen LogP contribution in [0.2, 0.25) is 0 Å². The Morgan fingerprint density at radius 3 is 2.44 bits per heavy atom. The first-order valence-corrected chi connectivity index (χ1v) is 11.8. The Bertz CT molecular complexity index is 1320. The molecule has 0 bridgehead atoms.